The molecule has 0 aliphatic carbocycles. The molecule has 2 amide bonds. The number of aliphatic hydroxyl groups excluding tert-OH is 1. The number of aliphatic hydroxyl groups is 1. The Morgan fingerprint density at radius 1 is 1.17 bits per heavy atom. The molecule has 3 N–H and O–H groups in total. The van der Waals surface area contributed by atoms with Crippen molar-refractivity contribution in [1.82, 2.24) is 5.32 Å². The van der Waals surface area contributed by atoms with Gasteiger partial charge in [0.25, 0.3) is 0 Å². The van der Waals surface area contributed by atoms with Gasteiger partial charge in [-0.15, -0.1) is 0 Å². The van der Waals surface area contributed by atoms with E-state index in [9.17, 15) is 14.7 Å². The second kappa shape index (κ2) is 6.76. The van der Waals surface area contributed by atoms with Gasteiger partial charge in [-0.05, 0) is 18.1 Å². The maximum atomic E-state index is 11.5. The Morgan fingerprint density at radius 2 is 1.78 bits per heavy atom. The average Bonchev–Trinajstić information content (AvgIpc) is 2.36. The first-order valence-electron chi connectivity index (χ1n) is 5.83. The van der Waals surface area contributed by atoms with E-state index >= 15 is 0 Å². The third-order valence-electron chi connectivity index (χ3n) is 2.48. The molecule has 5 heteroatoms. The van der Waals surface area contributed by atoms with Gasteiger partial charge in [0.2, 0.25) is 0 Å². The SMILES string of the molecule is CC(C)C(O)CNC(=O)C(=O)Nc1ccccc1. The normalized spacial score (nSPS) is 12.0. The molecule has 1 aromatic carbocycles. The summed E-state index contributed by atoms with van der Waals surface area (Å²) in [6.45, 7) is 3.74. The molecule has 0 aromatic heterocycles. The van der Waals surface area contributed by atoms with Crippen molar-refractivity contribution < 1.29 is 14.7 Å². The van der Waals surface area contributed by atoms with Crippen LogP contribution in [-0.2, 0) is 9.59 Å². The summed E-state index contributed by atoms with van der Waals surface area (Å²) in [7, 11) is 0. The zero-order valence-corrected chi connectivity index (χ0v) is 10.5. The number of hydrogen-bond acceptors (Lipinski definition) is 3. The van der Waals surface area contributed by atoms with Gasteiger partial charge in [0.1, 0.15) is 0 Å². The Balaban J connectivity index is 2.41. The van der Waals surface area contributed by atoms with E-state index in [2.05, 4.69) is 10.6 Å². The number of amides is 2. The number of para-hydroxylation sites is 1. The molecule has 1 unspecified atom stereocenters. The first kappa shape index (κ1) is 14.2. The van der Waals surface area contributed by atoms with Crippen LogP contribution in [0.25, 0.3) is 0 Å². The van der Waals surface area contributed by atoms with Crippen LogP contribution in [0.5, 0.6) is 0 Å². The number of nitrogens with one attached hydrogen (secondary N) is 2. The smallest absolute Gasteiger partial charge is 0.313 e. The molecular formula is C13H18N2O3. The molecule has 0 saturated heterocycles. The molecule has 98 valence electrons. The Morgan fingerprint density at radius 3 is 2.33 bits per heavy atom. The van der Waals surface area contributed by atoms with Crippen molar-refractivity contribution in [3.63, 3.8) is 0 Å². The second-order valence-electron chi connectivity index (χ2n) is 4.34. The fourth-order valence-corrected chi connectivity index (χ4v) is 1.22. The summed E-state index contributed by atoms with van der Waals surface area (Å²) in [6.07, 6.45) is -0.654. The van der Waals surface area contributed by atoms with Gasteiger partial charge in [-0.3, -0.25) is 9.59 Å². The third-order valence-corrected chi connectivity index (χ3v) is 2.48. The third kappa shape index (κ3) is 4.55. The lowest BCUT2D eigenvalue weighted by atomic mass is 10.1. The van der Waals surface area contributed by atoms with Crippen molar-refractivity contribution in [3.05, 3.63) is 30.3 Å². The van der Waals surface area contributed by atoms with Gasteiger partial charge in [-0.25, -0.2) is 0 Å². The highest BCUT2D eigenvalue weighted by atomic mass is 16.3. The Labute approximate surface area is 106 Å². The molecular weight excluding hydrogens is 232 g/mol. The topological polar surface area (TPSA) is 78.4 Å². The van der Waals surface area contributed by atoms with Gasteiger partial charge < -0.3 is 15.7 Å². The minimum Gasteiger partial charge on any atom is -0.391 e. The van der Waals surface area contributed by atoms with E-state index in [4.69, 9.17) is 0 Å². The van der Waals surface area contributed by atoms with E-state index < -0.39 is 17.9 Å². The summed E-state index contributed by atoms with van der Waals surface area (Å²) in [4.78, 5) is 22.9. The average molecular weight is 250 g/mol. The molecule has 0 saturated carbocycles. The molecule has 5 nitrogen and oxygen atoms in total. The predicted molar refractivity (Wildman–Crippen MR) is 68.9 cm³/mol. The largest absolute Gasteiger partial charge is 0.391 e. The molecule has 18 heavy (non-hydrogen) atoms. The number of carbonyl (C=O) groups excluding carboxylic acids is 2. The fourth-order valence-electron chi connectivity index (χ4n) is 1.22. The zero-order chi connectivity index (χ0) is 13.5. The molecule has 1 atom stereocenters. The van der Waals surface area contributed by atoms with Gasteiger partial charge in [0.15, 0.2) is 0 Å². The highest BCUT2D eigenvalue weighted by Crippen LogP contribution is 2.04. The van der Waals surface area contributed by atoms with Gasteiger partial charge in [-0.1, -0.05) is 32.0 Å². The van der Waals surface area contributed by atoms with Crippen molar-refractivity contribution in [2.45, 2.75) is 20.0 Å². The molecule has 0 spiro atoms. The molecule has 0 aliphatic rings. The van der Waals surface area contributed by atoms with Crippen LogP contribution >= 0.6 is 0 Å². The number of anilines is 1. The van der Waals surface area contributed by atoms with Crippen LogP contribution in [-0.4, -0.2) is 29.6 Å². The van der Waals surface area contributed by atoms with Gasteiger partial charge in [0.05, 0.1) is 6.10 Å². The van der Waals surface area contributed by atoms with E-state index in [-0.39, 0.29) is 12.5 Å². The summed E-state index contributed by atoms with van der Waals surface area (Å²) in [5, 5.41) is 14.3. The van der Waals surface area contributed by atoms with Gasteiger partial charge in [-0.2, -0.15) is 0 Å². The number of rotatable bonds is 4. The second-order valence-corrected chi connectivity index (χ2v) is 4.34. The number of hydrogen-bond donors (Lipinski definition) is 3. The van der Waals surface area contributed by atoms with Crippen LogP contribution in [0.1, 0.15) is 13.8 Å². The van der Waals surface area contributed by atoms with Crippen LogP contribution in [0.3, 0.4) is 0 Å². The molecule has 0 radical (unpaired) electrons. The lowest BCUT2D eigenvalue weighted by Gasteiger charge is -2.14. The van der Waals surface area contributed by atoms with Crippen LogP contribution in [0.2, 0.25) is 0 Å². The molecule has 0 fully saturated rings. The van der Waals surface area contributed by atoms with Crippen LogP contribution in [0, 0.1) is 5.92 Å². The van der Waals surface area contributed by atoms with E-state index in [1.54, 1.807) is 24.3 Å². The van der Waals surface area contributed by atoms with Crippen LogP contribution in [0.15, 0.2) is 30.3 Å². The molecule has 1 aromatic rings. The van der Waals surface area contributed by atoms with Crippen LogP contribution < -0.4 is 10.6 Å². The lowest BCUT2D eigenvalue weighted by molar-refractivity contribution is -0.136. The van der Waals surface area contributed by atoms with Gasteiger partial charge >= 0.3 is 11.8 Å². The van der Waals surface area contributed by atoms with E-state index in [1.165, 1.54) is 0 Å². The quantitative estimate of drug-likeness (QED) is 0.690. The van der Waals surface area contributed by atoms with E-state index in [1.807, 2.05) is 19.9 Å². The number of carbonyl (C=O) groups is 2. The van der Waals surface area contributed by atoms with Crippen LogP contribution in [0.4, 0.5) is 5.69 Å². The number of benzene rings is 1. The van der Waals surface area contributed by atoms with E-state index in [0.717, 1.165) is 0 Å². The standard InChI is InChI=1S/C13H18N2O3/c1-9(2)11(16)8-14-12(17)13(18)15-10-6-4-3-5-7-10/h3-7,9,11,16H,8H2,1-2H3,(H,14,17)(H,15,18). The summed E-state index contributed by atoms with van der Waals surface area (Å²) < 4.78 is 0. The first-order valence-corrected chi connectivity index (χ1v) is 5.83. The monoisotopic (exact) mass is 250 g/mol. The minimum absolute atomic E-state index is 0.0301. The van der Waals surface area contributed by atoms with E-state index in [0.29, 0.717) is 5.69 Å². The first-order chi connectivity index (χ1) is 8.50. The highest BCUT2D eigenvalue weighted by Gasteiger charge is 2.16. The minimum atomic E-state index is -0.751. The Hall–Kier alpha value is -1.88. The lowest BCUT2D eigenvalue weighted by Crippen LogP contribution is -2.40. The highest BCUT2D eigenvalue weighted by molar-refractivity contribution is 6.39. The van der Waals surface area contributed by atoms with Crippen molar-refractivity contribution in [2.75, 3.05) is 11.9 Å². The molecule has 0 heterocycles. The maximum Gasteiger partial charge on any atom is 0.313 e. The Bertz CT molecular complexity index is 404. The maximum absolute atomic E-state index is 11.5. The van der Waals surface area contributed by atoms with Crippen molar-refractivity contribution in [1.29, 1.82) is 0 Å². The van der Waals surface area contributed by atoms with Gasteiger partial charge in [0, 0.05) is 12.2 Å². The summed E-state index contributed by atoms with van der Waals surface area (Å²) >= 11 is 0. The fraction of sp³-hybridized carbons (Fsp3) is 0.385. The Kier molecular flexibility index (Phi) is 5.32. The summed E-state index contributed by atoms with van der Waals surface area (Å²) in [6, 6.07) is 8.71. The van der Waals surface area contributed by atoms with Crippen molar-refractivity contribution in [2.24, 2.45) is 5.92 Å². The van der Waals surface area contributed by atoms with Crippen molar-refractivity contribution >= 4 is 17.5 Å². The predicted octanol–water partition coefficient (Wildman–Crippen LogP) is 0.758. The molecule has 0 bridgehead atoms. The molecule has 1 rings (SSSR count). The van der Waals surface area contributed by atoms with Crippen molar-refractivity contribution in [3.8, 4) is 0 Å². The molecule has 0 aliphatic heterocycles. The zero-order valence-electron chi connectivity index (χ0n) is 10.5. The summed E-state index contributed by atoms with van der Waals surface area (Å²) in [5.74, 6) is -1.46. The summed E-state index contributed by atoms with van der Waals surface area (Å²) in [5.41, 5.74) is 0.557.